The van der Waals surface area contributed by atoms with Gasteiger partial charge in [0.25, 0.3) is 6.17 Å². The molecule has 0 rings (SSSR count). The Kier molecular flexibility index (Phi) is 4.04. The van der Waals surface area contributed by atoms with Crippen LogP contribution in [0.1, 0.15) is 0 Å². The van der Waals surface area contributed by atoms with E-state index in [9.17, 15) is 26.9 Å². The molecule has 84 valence electrons. The second-order valence-electron chi connectivity index (χ2n) is 2.16. The Bertz CT molecular complexity index is 257. The highest BCUT2D eigenvalue weighted by atomic mass is 31.2. The average molecular weight is 240 g/mol. The molecule has 0 aliphatic carbocycles. The van der Waals surface area contributed by atoms with Crippen LogP contribution in [0.2, 0.25) is 0 Å². The minimum absolute atomic E-state index is 1.58. The van der Waals surface area contributed by atoms with E-state index in [1.165, 1.54) is 0 Å². The van der Waals surface area contributed by atoms with Crippen LogP contribution in [0.3, 0.4) is 0 Å². The largest absolute Gasteiger partial charge is 0.450 e. The van der Waals surface area contributed by atoms with Gasteiger partial charge in [-0.25, -0.2) is 9.18 Å². The Morgan fingerprint density at radius 2 is 1.86 bits per heavy atom. The number of carbonyl (C=O) groups is 1. The number of ether oxygens (including phenoxy) is 1. The fourth-order valence-electron chi connectivity index (χ4n) is 0.355. The van der Waals surface area contributed by atoms with E-state index in [0.29, 0.717) is 0 Å². The van der Waals surface area contributed by atoms with Gasteiger partial charge in [-0.15, -0.1) is 0 Å². The van der Waals surface area contributed by atoms with Crippen molar-refractivity contribution in [3.63, 3.8) is 0 Å². The van der Waals surface area contributed by atoms with E-state index in [2.05, 4.69) is 4.74 Å². The topological polar surface area (TPSA) is 83.8 Å². The van der Waals surface area contributed by atoms with Gasteiger partial charge in [0.1, 0.15) is 0 Å². The highest BCUT2D eigenvalue weighted by Crippen LogP contribution is 2.34. The van der Waals surface area contributed by atoms with Gasteiger partial charge in [-0.1, -0.05) is 0 Å². The summed E-state index contributed by atoms with van der Waals surface area (Å²) in [5, 5.41) is 0. The molecule has 1 unspecified atom stereocenters. The summed E-state index contributed by atoms with van der Waals surface area (Å²) in [4.78, 5) is 26.3. The van der Waals surface area contributed by atoms with Crippen LogP contribution in [0.5, 0.6) is 0 Å². The Morgan fingerprint density at radius 1 is 1.43 bits per heavy atom. The van der Waals surface area contributed by atoms with Crippen molar-refractivity contribution in [3.05, 3.63) is 0 Å². The molecule has 1 atom stereocenters. The molecule has 0 saturated carbocycles. The Hall–Kier alpha value is -0.660. The summed E-state index contributed by atoms with van der Waals surface area (Å²) in [6, 6.07) is 0. The molecule has 0 spiro atoms. The van der Waals surface area contributed by atoms with Crippen molar-refractivity contribution >= 4 is 13.6 Å². The van der Waals surface area contributed by atoms with Gasteiger partial charge in [-0.2, -0.15) is 13.2 Å². The van der Waals surface area contributed by atoms with Gasteiger partial charge < -0.3 is 14.5 Å². The maximum atomic E-state index is 12.0. The monoisotopic (exact) mass is 240 g/mol. The highest BCUT2D eigenvalue weighted by Gasteiger charge is 2.47. The molecule has 0 aromatic rings. The summed E-state index contributed by atoms with van der Waals surface area (Å²) >= 11 is 0. The number of hydrogen-bond donors (Lipinski definition) is 2. The zero-order chi connectivity index (χ0) is 11.6. The van der Waals surface area contributed by atoms with Gasteiger partial charge in [0.05, 0.1) is 0 Å². The van der Waals surface area contributed by atoms with Crippen molar-refractivity contribution in [1.82, 2.24) is 0 Å². The number of rotatable bonds is 3. The highest BCUT2D eigenvalue weighted by molar-refractivity contribution is 7.51. The normalized spacial score (nSPS) is 15.0. The third-order valence-electron chi connectivity index (χ3n) is 0.869. The molecule has 0 aromatic heterocycles. The van der Waals surface area contributed by atoms with Crippen molar-refractivity contribution in [2.45, 2.75) is 12.3 Å². The van der Waals surface area contributed by atoms with Gasteiger partial charge in [-0.3, -0.25) is 4.57 Å². The predicted octanol–water partition coefficient (Wildman–Crippen LogP) is 0.565. The summed E-state index contributed by atoms with van der Waals surface area (Å²) in [7, 11) is -4.79. The van der Waals surface area contributed by atoms with Crippen molar-refractivity contribution < 1.29 is 41.4 Å². The molecule has 5 nitrogen and oxygen atoms in total. The molecule has 0 heterocycles. The lowest BCUT2D eigenvalue weighted by Crippen LogP contribution is -2.34. The minimum atomic E-state index is -5.44. The van der Waals surface area contributed by atoms with Crippen LogP contribution in [-0.4, -0.2) is 34.5 Å². The summed E-state index contributed by atoms with van der Waals surface area (Å²) in [6.07, 6.45) is -10.9. The van der Waals surface area contributed by atoms with E-state index in [4.69, 9.17) is 9.79 Å². The number of hydrogen-bond acceptors (Lipinski definition) is 3. The fourth-order valence-corrected chi connectivity index (χ4v) is 0.650. The smallest absolute Gasteiger partial charge is 0.430 e. The SMILES string of the molecule is O=C(OCP(=O)(O)O)C(F)C(F)(F)F. The predicted molar refractivity (Wildman–Crippen MR) is 34.0 cm³/mol. The molecule has 0 saturated heterocycles. The van der Waals surface area contributed by atoms with Gasteiger partial charge in [0.2, 0.25) is 0 Å². The zero-order valence-corrected chi connectivity index (χ0v) is 7.26. The fraction of sp³-hybridized carbons (Fsp3) is 0.750. The molecule has 2 N–H and O–H groups in total. The van der Waals surface area contributed by atoms with Crippen LogP contribution in [0, 0.1) is 0 Å². The second kappa shape index (κ2) is 4.24. The maximum Gasteiger partial charge on any atom is 0.430 e. The van der Waals surface area contributed by atoms with Crippen LogP contribution in [0.25, 0.3) is 0 Å². The molecule has 14 heavy (non-hydrogen) atoms. The Morgan fingerprint density at radius 3 is 2.14 bits per heavy atom. The van der Waals surface area contributed by atoms with E-state index >= 15 is 0 Å². The number of esters is 1. The quantitative estimate of drug-likeness (QED) is 0.428. The van der Waals surface area contributed by atoms with Gasteiger partial charge in [0, 0.05) is 0 Å². The van der Waals surface area contributed by atoms with Crippen molar-refractivity contribution in [2.24, 2.45) is 0 Å². The molecule has 0 aliphatic rings. The van der Waals surface area contributed by atoms with E-state index < -0.39 is 32.3 Å². The molecule has 0 radical (unpaired) electrons. The van der Waals surface area contributed by atoms with Crippen LogP contribution >= 0.6 is 7.60 Å². The first-order valence-electron chi connectivity index (χ1n) is 2.96. The summed E-state index contributed by atoms with van der Waals surface area (Å²) in [6.45, 7) is 0. The minimum Gasteiger partial charge on any atom is -0.450 e. The first-order chi connectivity index (χ1) is 6.04. The van der Waals surface area contributed by atoms with Crippen LogP contribution in [-0.2, 0) is 14.1 Å². The molecule has 0 amide bonds. The summed E-state index contributed by atoms with van der Waals surface area (Å²) < 4.78 is 59.8. The van der Waals surface area contributed by atoms with E-state index in [1.54, 1.807) is 0 Å². The molecular weight excluding hydrogens is 235 g/mol. The molecular formula is C4H5F4O5P. The van der Waals surface area contributed by atoms with E-state index in [-0.39, 0.29) is 0 Å². The molecule has 0 aliphatic heterocycles. The average Bonchev–Trinajstić information content (AvgIpc) is 1.95. The molecule has 0 bridgehead atoms. The number of carbonyl (C=O) groups excluding carboxylic acids is 1. The third-order valence-corrected chi connectivity index (χ3v) is 1.33. The Balaban J connectivity index is 4.18. The Labute approximate surface area is 74.8 Å². The molecule has 0 fully saturated rings. The first-order valence-corrected chi connectivity index (χ1v) is 4.76. The molecule has 10 heteroatoms. The number of alkyl halides is 4. The van der Waals surface area contributed by atoms with Gasteiger partial charge in [-0.05, 0) is 0 Å². The lowest BCUT2D eigenvalue weighted by atomic mass is 10.4. The van der Waals surface area contributed by atoms with Gasteiger partial charge >= 0.3 is 19.7 Å². The summed E-state index contributed by atoms with van der Waals surface area (Å²) in [5.41, 5.74) is 0. The van der Waals surface area contributed by atoms with Crippen LogP contribution in [0.4, 0.5) is 17.6 Å². The van der Waals surface area contributed by atoms with Crippen molar-refractivity contribution in [3.8, 4) is 0 Å². The lowest BCUT2D eigenvalue weighted by Gasteiger charge is -2.11. The third kappa shape index (κ3) is 5.15. The van der Waals surface area contributed by atoms with Crippen LogP contribution < -0.4 is 0 Å². The van der Waals surface area contributed by atoms with Crippen molar-refractivity contribution in [1.29, 1.82) is 0 Å². The first kappa shape index (κ1) is 13.3. The maximum absolute atomic E-state index is 12.0. The number of halogens is 4. The van der Waals surface area contributed by atoms with E-state index in [1.807, 2.05) is 0 Å². The van der Waals surface area contributed by atoms with E-state index in [0.717, 1.165) is 0 Å². The second-order valence-corrected chi connectivity index (χ2v) is 3.75. The van der Waals surface area contributed by atoms with Gasteiger partial charge in [0.15, 0.2) is 6.35 Å². The molecule has 0 aromatic carbocycles. The lowest BCUT2D eigenvalue weighted by molar-refractivity contribution is -0.200. The zero-order valence-electron chi connectivity index (χ0n) is 6.36. The standard InChI is InChI=1S/C4H5F4O5P/c5-2(4(6,7)8)3(9)13-1-14(10,11)12/h2H,1H2,(H2,10,11,12). The van der Waals surface area contributed by atoms with Crippen LogP contribution in [0.15, 0.2) is 0 Å². The van der Waals surface area contributed by atoms with Crippen molar-refractivity contribution in [2.75, 3.05) is 6.35 Å². The summed E-state index contributed by atoms with van der Waals surface area (Å²) in [5.74, 6) is -2.37.